The summed E-state index contributed by atoms with van der Waals surface area (Å²) in [5.74, 6) is 0. The van der Waals surface area contributed by atoms with E-state index in [-0.39, 0.29) is 12.6 Å². The van der Waals surface area contributed by atoms with Crippen molar-refractivity contribution in [2.24, 2.45) is 0 Å². The number of carbonyl (C=O) groups is 1. The van der Waals surface area contributed by atoms with Crippen LogP contribution in [0.15, 0.2) is 30.3 Å². The molecule has 5 nitrogen and oxygen atoms in total. The van der Waals surface area contributed by atoms with Gasteiger partial charge >= 0.3 is 6.03 Å². The Morgan fingerprint density at radius 1 is 1.33 bits per heavy atom. The fourth-order valence-corrected chi connectivity index (χ4v) is 2.77. The number of hydrogen-bond acceptors (Lipinski definition) is 4. The minimum Gasteiger partial charge on any atom is -0.394 e. The van der Waals surface area contributed by atoms with Gasteiger partial charge in [-0.3, -0.25) is 0 Å². The summed E-state index contributed by atoms with van der Waals surface area (Å²) in [6.45, 7) is 4.20. The van der Waals surface area contributed by atoms with E-state index in [2.05, 4.69) is 15.6 Å². The molecule has 0 saturated heterocycles. The van der Waals surface area contributed by atoms with E-state index in [4.69, 9.17) is 0 Å². The van der Waals surface area contributed by atoms with Crippen LogP contribution in [0.5, 0.6) is 0 Å². The standard InChI is InChI=1S/C15H19N3O2S/c1-10-11(2)21-14(17-10)8-16-15(20)18-13(9-19)12-6-4-3-5-7-12/h3-7,13,19H,8-9H2,1-2H3,(H2,16,18,20)/t13-/m1/s1. The molecule has 2 rings (SSSR count). The molecule has 0 radical (unpaired) electrons. The van der Waals surface area contributed by atoms with Crippen LogP contribution in [-0.2, 0) is 6.54 Å². The van der Waals surface area contributed by atoms with Gasteiger partial charge in [0.05, 0.1) is 24.9 Å². The second-order valence-electron chi connectivity index (χ2n) is 4.72. The van der Waals surface area contributed by atoms with Gasteiger partial charge in [-0.2, -0.15) is 0 Å². The van der Waals surface area contributed by atoms with E-state index in [0.717, 1.165) is 21.1 Å². The average molecular weight is 305 g/mol. The molecule has 1 aromatic heterocycles. The molecule has 6 heteroatoms. The molecule has 3 N–H and O–H groups in total. The molecular weight excluding hydrogens is 286 g/mol. The minimum atomic E-state index is -0.411. The highest BCUT2D eigenvalue weighted by Gasteiger charge is 2.13. The van der Waals surface area contributed by atoms with Crippen LogP contribution in [0.4, 0.5) is 4.79 Å². The summed E-state index contributed by atoms with van der Waals surface area (Å²) in [5.41, 5.74) is 1.87. The predicted octanol–water partition coefficient (Wildman–Crippen LogP) is 2.29. The van der Waals surface area contributed by atoms with Crippen molar-refractivity contribution in [1.29, 1.82) is 0 Å². The second kappa shape index (κ2) is 7.19. The highest BCUT2D eigenvalue weighted by atomic mass is 32.1. The largest absolute Gasteiger partial charge is 0.394 e. The fraction of sp³-hybridized carbons (Fsp3) is 0.333. The van der Waals surface area contributed by atoms with E-state index in [1.807, 2.05) is 44.2 Å². The smallest absolute Gasteiger partial charge is 0.315 e. The molecule has 21 heavy (non-hydrogen) atoms. The first-order valence-electron chi connectivity index (χ1n) is 6.73. The third-order valence-electron chi connectivity index (χ3n) is 3.16. The molecule has 0 aliphatic carbocycles. The van der Waals surface area contributed by atoms with Crippen molar-refractivity contribution in [2.45, 2.75) is 26.4 Å². The van der Waals surface area contributed by atoms with Gasteiger partial charge in [-0.15, -0.1) is 11.3 Å². The number of carbonyl (C=O) groups excluding carboxylic acids is 1. The highest BCUT2D eigenvalue weighted by molar-refractivity contribution is 7.11. The van der Waals surface area contributed by atoms with Crippen molar-refractivity contribution in [1.82, 2.24) is 15.6 Å². The van der Waals surface area contributed by atoms with Gasteiger partial charge in [-0.1, -0.05) is 30.3 Å². The lowest BCUT2D eigenvalue weighted by Gasteiger charge is -2.16. The summed E-state index contributed by atoms with van der Waals surface area (Å²) < 4.78 is 0. The quantitative estimate of drug-likeness (QED) is 0.793. The molecule has 1 atom stereocenters. The Hall–Kier alpha value is -1.92. The van der Waals surface area contributed by atoms with Crippen molar-refractivity contribution in [3.63, 3.8) is 0 Å². The average Bonchev–Trinajstić information content (AvgIpc) is 2.82. The molecular formula is C15H19N3O2S. The number of nitrogens with zero attached hydrogens (tertiary/aromatic N) is 1. The maximum Gasteiger partial charge on any atom is 0.315 e. The molecule has 1 heterocycles. The summed E-state index contributed by atoms with van der Waals surface area (Å²) in [4.78, 5) is 17.4. The van der Waals surface area contributed by atoms with E-state index in [1.54, 1.807) is 11.3 Å². The van der Waals surface area contributed by atoms with Crippen LogP contribution in [0.25, 0.3) is 0 Å². The molecule has 2 aromatic rings. The van der Waals surface area contributed by atoms with Crippen LogP contribution in [0.3, 0.4) is 0 Å². The number of urea groups is 1. The molecule has 0 fully saturated rings. The van der Waals surface area contributed by atoms with Gasteiger partial charge in [-0.25, -0.2) is 9.78 Å². The number of hydrogen-bond donors (Lipinski definition) is 3. The van der Waals surface area contributed by atoms with Gasteiger partial charge in [0.2, 0.25) is 0 Å². The van der Waals surface area contributed by atoms with Crippen molar-refractivity contribution >= 4 is 17.4 Å². The lowest BCUT2D eigenvalue weighted by molar-refractivity contribution is 0.216. The van der Waals surface area contributed by atoms with Crippen molar-refractivity contribution in [3.8, 4) is 0 Å². The lowest BCUT2D eigenvalue weighted by atomic mass is 10.1. The van der Waals surface area contributed by atoms with Crippen molar-refractivity contribution in [3.05, 3.63) is 51.5 Å². The molecule has 0 aliphatic rings. The topological polar surface area (TPSA) is 74.2 Å². The number of aliphatic hydroxyl groups excluding tert-OH is 1. The van der Waals surface area contributed by atoms with E-state index >= 15 is 0 Å². The second-order valence-corrected chi connectivity index (χ2v) is 6.01. The normalized spacial score (nSPS) is 12.0. The van der Waals surface area contributed by atoms with E-state index in [0.29, 0.717) is 6.54 Å². The zero-order valence-corrected chi connectivity index (χ0v) is 12.9. The number of aromatic nitrogens is 1. The molecule has 1 aromatic carbocycles. The molecule has 0 spiro atoms. The Balaban J connectivity index is 1.88. The van der Waals surface area contributed by atoms with Gasteiger partial charge in [0.25, 0.3) is 0 Å². The molecule has 0 aliphatic heterocycles. The number of aryl methyl sites for hydroxylation is 2. The zero-order chi connectivity index (χ0) is 15.2. The monoisotopic (exact) mass is 305 g/mol. The number of rotatable bonds is 5. The van der Waals surface area contributed by atoms with Gasteiger partial charge in [-0.05, 0) is 19.4 Å². The molecule has 0 unspecified atom stereocenters. The molecule has 0 saturated carbocycles. The predicted molar refractivity (Wildman–Crippen MR) is 83.2 cm³/mol. The van der Waals surface area contributed by atoms with Gasteiger partial charge in [0.1, 0.15) is 5.01 Å². The summed E-state index contributed by atoms with van der Waals surface area (Å²) in [5, 5.41) is 15.8. The van der Waals surface area contributed by atoms with E-state index in [1.165, 1.54) is 0 Å². The fourth-order valence-electron chi connectivity index (χ4n) is 1.90. The Morgan fingerprint density at radius 2 is 2.05 bits per heavy atom. The Labute approximate surface area is 128 Å². The third kappa shape index (κ3) is 4.27. The summed E-state index contributed by atoms with van der Waals surface area (Å²) in [6.07, 6.45) is 0. The van der Waals surface area contributed by atoms with Crippen molar-refractivity contribution < 1.29 is 9.90 Å². The first-order valence-corrected chi connectivity index (χ1v) is 7.55. The first kappa shape index (κ1) is 15.5. The Morgan fingerprint density at radius 3 is 2.62 bits per heavy atom. The summed E-state index contributed by atoms with van der Waals surface area (Å²) in [7, 11) is 0. The van der Waals surface area contributed by atoms with Crippen LogP contribution in [-0.4, -0.2) is 22.7 Å². The van der Waals surface area contributed by atoms with Crippen molar-refractivity contribution in [2.75, 3.05) is 6.61 Å². The minimum absolute atomic E-state index is 0.146. The zero-order valence-electron chi connectivity index (χ0n) is 12.1. The maximum atomic E-state index is 11.9. The molecule has 0 bridgehead atoms. The van der Waals surface area contributed by atoms with Gasteiger partial charge in [0, 0.05) is 4.88 Å². The SMILES string of the molecule is Cc1nc(CNC(=O)N[C@H](CO)c2ccccc2)sc1C. The highest BCUT2D eigenvalue weighted by Crippen LogP contribution is 2.16. The summed E-state index contributed by atoms with van der Waals surface area (Å²) in [6, 6.07) is 8.65. The molecule has 2 amide bonds. The van der Waals surface area contributed by atoms with Crippen LogP contribution >= 0.6 is 11.3 Å². The van der Waals surface area contributed by atoms with Gasteiger partial charge < -0.3 is 15.7 Å². The van der Waals surface area contributed by atoms with E-state index < -0.39 is 6.04 Å². The lowest BCUT2D eigenvalue weighted by Crippen LogP contribution is -2.38. The number of nitrogens with one attached hydrogen (secondary N) is 2. The maximum absolute atomic E-state index is 11.9. The van der Waals surface area contributed by atoms with Crippen LogP contribution < -0.4 is 10.6 Å². The number of benzene rings is 1. The number of amides is 2. The number of thiazole rings is 1. The van der Waals surface area contributed by atoms with Crippen LogP contribution in [0, 0.1) is 13.8 Å². The van der Waals surface area contributed by atoms with E-state index in [9.17, 15) is 9.90 Å². The van der Waals surface area contributed by atoms with Crippen LogP contribution in [0.1, 0.15) is 27.2 Å². The Kier molecular flexibility index (Phi) is 5.30. The first-order chi connectivity index (χ1) is 10.1. The van der Waals surface area contributed by atoms with Gasteiger partial charge in [0.15, 0.2) is 0 Å². The number of aliphatic hydroxyl groups is 1. The third-order valence-corrected chi connectivity index (χ3v) is 4.24. The Bertz CT molecular complexity index is 579. The summed E-state index contributed by atoms with van der Waals surface area (Å²) >= 11 is 1.57. The molecule has 112 valence electrons. The van der Waals surface area contributed by atoms with Crippen LogP contribution in [0.2, 0.25) is 0 Å².